The number of rotatable bonds is 3. The predicted molar refractivity (Wildman–Crippen MR) is 49.0 cm³/mol. The minimum absolute atomic E-state index is 0.448. The number of carbonyl (C=O) groups excluding carboxylic acids is 1. The molecule has 1 aromatic rings. The number of benzene rings is 1. The zero-order valence-corrected chi connectivity index (χ0v) is 8.01. The van der Waals surface area contributed by atoms with Crippen LogP contribution in [0.1, 0.15) is 18.5 Å². The standard InChI is InChI=1S/C10H10F3NO/c1-6(14-10(15)9(12)13)7-3-2-4-8(11)5-7/h2-6,9H,1H3,(H,14,15)/t6-/m1/s1. The van der Waals surface area contributed by atoms with Gasteiger partial charge in [0.05, 0.1) is 6.04 Å². The minimum atomic E-state index is -3.05. The van der Waals surface area contributed by atoms with Crippen LogP contribution in [-0.2, 0) is 4.79 Å². The molecule has 0 radical (unpaired) electrons. The predicted octanol–water partition coefficient (Wildman–Crippen LogP) is 2.27. The number of nitrogens with one attached hydrogen (secondary N) is 1. The van der Waals surface area contributed by atoms with Crippen LogP contribution in [0, 0.1) is 5.82 Å². The molecule has 1 amide bonds. The van der Waals surface area contributed by atoms with E-state index in [4.69, 9.17) is 0 Å². The summed E-state index contributed by atoms with van der Waals surface area (Å²) in [5.74, 6) is -1.82. The van der Waals surface area contributed by atoms with E-state index in [9.17, 15) is 18.0 Å². The van der Waals surface area contributed by atoms with E-state index in [1.807, 2.05) is 0 Å². The lowest BCUT2D eigenvalue weighted by Gasteiger charge is -2.13. The number of hydrogen-bond donors (Lipinski definition) is 1. The van der Waals surface area contributed by atoms with Crippen LogP contribution in [-0.4, -0.2) is 12.3 Å². The molecule has 0 fully saturated rings. The molecule has 0 bridgehead atoms. The molecule has 1 rings (SSSR count). The fourth-order valence-corrected chi connectivity index (χ4v) is 1.14. The molecule has 5 heteroatoms. The Bertz CT molecular complexity index is 354. The van der Waals surface area contributed by atoms with Crippen LogP contribution >= 0.6 is 0 Å². The van der Waals surface area contributed by atoms with E-state index in [-0.39, 0.29) is 0 Å². The van der Waals surface area contributed by atoms with Gasteiger partial charge in [0.2, 0.25) is 0 Å². The molecular weight excluding hydrogens is 207 g/mol. The molecule has 2 nitrogen and oxygen atoms in total. The Labute approximate surface area is 85.1 Å². The van der Waals surface area contributed by atoms with Gasteiger partial charge in [0, 0.05) is 0 Å². The molecule has 0 aromatic heterocycles. The molecular formula is C10H10F3NO. The van der Waals surface area contributed by atoms with Gasteiger partial charge in [0.25, 0.3) is 5.91 Å². The number of halogens is 3. The molecule has 0 aliphatic rings. The number of hydrogen-bond acceptors (Lipinski definition) is 1. The van der Waals surface area contributed by atoms with Crippen LogP contribution in [0.15, 0.2) is 24.3 Å². The summed E-state index contributed by atoms with van der Waals surface area (Å²) in [6.45, 7) is 1.51. The summed E-state index contributed by atoms with van der Waals surface area (Å²) in [7, 11) is 0. The monoisotopic (exact) mass is 217 g/mol. The lowest BCUT2D eigenvalue weighted by molar-refractivity contribution is -0.132. The molecule has 82 valence electrons. The van der Waals surface area contributed by atoms with Gasteiger partial charge in [-0.3, -0.25) is 4.79 Å². The zero-order valence-electron chi connectivity index (χ0n) is 8.01. The van der Waals surface area contributed by atoms with Gasteiger partial charge in [0.15, 0.2) is 0 Å². The highest BCUT2D eigenvalue weighted by Crippen LogP contribution is 2.13. The van der Waals surface area contributed by atoms with E-state index >= 15 is 0 Å². The SMILES string of the molecule is C[C@@H](NC(=O)C(F)F)c1cccc(F)c1. The topological polar surface area (TPSA) is 29.1 Å². The van der Waals surface area contributed by atoms with Crippen molar-refractivity contribution in [2.24, 2.45) is 0 Å². The van der Waals surface area contributed by atoms with Gasteiger partial charge in [-0.25, -0.2) is 4.39 Å². The Kier molecular flexibility index (Phi) is 3.71. The number of amides is 1. The first-order chi connectivity index (χ1) is 7.00. The molecule has 0 aliphatic heterocycles. The van der Waals surface area contributed by atoms with Crippen molar-refractivity contribution >= 4 is 5.91 Å². The Morgan fingerprint density at radius 3 is 2.60 bits per heavy atom. The average Bonchev–Trinajstić information content (AvgIpc) is 2.17. The van der Waals surface area contributed by atoms with Crippen molar-refractivity contribution in [1.82, 2.24) is 5.32 Å². The number of carbonyl (C=O) groups is 1. The maximum Gasteiger partial charge on any atom is 0.315 e. The summed E-state index contributed by atoms with van der Waals surface area (Å²) in [6, 6.07) is 4.80. The van der Waals surface area contributed by atoms with E-state index in [1.165, 1.54) is 25.1 Å². The van der Waals surface area contributed by atoms with Crippen molar-refractivity contribution in [2.75, 3.05) is 0 Å². The van der Waals surface area contributed by atoms with Gasteiger partial charge in [0.1, 0.15) is 5.82 Å². The van der Waals surface area contributed by atoms with E-state index in [1.54, 1.807) is 6.07 Å². The first-order valence-electron chi connectivity index (χ1n) is 4.34. The first kappa shape index (κ1) is 11.6. The van der Waals surface area contributed by atoms with Gasteiger partial charge in [-0.1, -0.05) is 12.1 Å². The molecule has 15 heavy (non-hydrogen) atoms. The highest BCUT2D eigenvalue weighted by molar-refractivity contribution is 5.79. The third-order valence-electron chi connectivity index (χ3n) is 1.91. The zero-order chi connectivity index (χ0) is 11.4. The van der Waals surface area contributed by atoms with Crippen LogP contribution in [0.5, 0.6) is 0 Å². The second-order valence-corrected chi connectivity index (χ2v) is 3.09. The molecule has 0 spiro atoms. The van der Waals surface area contributed by atoms with Crippen LogP contribution < -0.4 is 5.32 Å². The molecule has 0 unspecified atom stereocenters. The third kappa shape index (κ3) is 3.27. The van der Waals surface area contributed by atoms with Crippen molar-refractivity contribution in [2.45, 2.75) is 19.4 Å². The van der Waals surface area contributed by atoms with Crippen LogP contribution in [0.4, 0.5) is 13.2 Å². The van der Waals surface area contributed by atoms with Crippen molar-refractivity contribution in [1.29, 1.82) is 0 Å². The van der Waals surface area contributed by atoms with Crippen molar-refractivity contribution < 1.29 is 18.0 Å². The lowest BCUT2D eigenvalue weighted by atomic mass is 10.1. The summed E-state index contributed by atoms with van der Waals surface area (Å²) >= 11 is 0. The van der Waals surface area contributed by atoms with E-state index < -0.39 is 24.2 Å². The van der Waals surface area contributed by atoms with Crippen LogP contribution in [0.25, 0.3) is 0 Å². The molecule has 0 aliphatic carbocycles. The Balaban J connectivity index is 2.69. The van der Waals surface area contributed by atoms with Crippen LogP contribution in [0.3, 0.4) is 0 Å². The minimum Gasteiger partial charge on any atom is -0.345 e. The molecule has 1 aromatic carbocycles. The summed E-state index contributed by atoms with van der Waals surface area (Å²) in [5, 5.41) is 2.07. The van der Waals surface area contributed by atoms with E-state index in [0.717, 1.165) is 0 Å². The largest absolute Gasteiger partial charge is 0.345 e. The highest BCUT2D eigenvalue weighted by Gasteiger charge is 2.18. The molecule has 0 heterocycles. The molecule has 0 saturated heterocycles. The summed E-state index contributed by atoms with van der Waals surface area (Å²) in [4.78, 5) is 10.7. The van der Waals surface area contributed by atoms with E-state index in [2.05, 4.69) is 5.32 Å². The van der Waals surface area contributed by atoms with Gasteiger partial charge < -0.3 is 5.32 Å². The van der Waals surface area contributed by atoms with Crippen molar-refractivity contribution in [3.8, 4) is 0 Å². The Hall–Kier alpha value is -1.52. The highest BCUT2D eigenvalue weighted by atomic mass is 19.3. The summed E-state index contributed by atoms with van der Waals surface area (Å²) in [6.07, 6.45) is -3.05. The van der Waals surface area contributed by atoms with Gasteiger partial charge in [-0.2, -0.15) is 8.78 Å². The summed E-state index contributed by atoms with van der Waals surface area (Å²) in [5.41, 5.74) is 0.448. The molecule has 0 saturated carbocycles. The quantitative estimate of drug-likeness (QED) is 0.826. The smallest absolute Gasteiger partial charge is 0.315 e. The second kappa shape index (κ2) is 4.82. The van der Waals surface area contributed by atoms with Gasteiger partial charge in [-0.05, 0) is 24.6 Å². The fourth-order valence-electron chi connectivity index (χ4n) is 1.14. The Morgan fingerprint density at radius 2 is 2.07 bits per heavy atom. The second-order valence-electron chi connectivity index (χ2n) is 3.09. The molecule has 1 atom stereocenters. The van der Waals surface area contributed by atoms with Crippen LogP contribution in [0.2, 0.25) is 0 Å². The first-order valence-corrected chi connectivity index (χ1v) is 4.34. The third-order valence-corrected chi connectivity index (χ3v) is 1.91. The van der Waals surface area contributed by atoms with E-state index in [0.29, 0.717) is 5.56 Å². The van der Waals surface area contributed by atoms with Gasteiger partial charge >= 0.3 is 6.43 Å². The fraction of sp³-hybridized carbons (Fsp3) is 0.300. The maximum absolute atomic E-state index is 12.8. The molecule has 1 N–H and O–H groups in total. The normalized spacial score (nSPS) is 12.6. The summed E-state index contributed by atoms with van der Waals surface area (Å²) < 4.78 is 36.6. The van der Waals surface area contributed by atoms with Crippen molar-refractivity contribution in [3.63, 3.8) is 0 Å². The van der Waals surface area contributed by atoms with Gasteiger partial charge in [-0.15, -0.1) is 0 Å². The Morgan fingerprint density at radius 1 is 1.40 bits per heavy atom. The maximum atomic E-state index is 12.8. The average molecular weight is 217 g/mol. The lowest BCUT2D eigenvalue weighted by Crippen LogP contribution is -2.31. The number of alkyl halides is 2. The van der Waals surface area contributed by atoms with Crippen molar-refractivity contribution in [3.05, 3.63) is 35.6 Å².